The number of hydrogen-bond donors (Lipinski definition) is 2. The number of nitrogens with one attached hydrogen (secondary N) is 1. The molecule has 1 aromatic heterocycles. The Labute approximate surface area is 67.8 Å². The maximum Gasteiger partial charge on any atom is 0.271 e. The summed E-state index contributed by atoms with van der Waals surface area (Å²) in [7, 11) is 0. The largest absolute Gasteiger partial charge is 0.382 e. The van der Waals surface area contributed by atoms with Crippen LogP contribution >= 0.6 is 0 Å². The van der Waals surface area contributed by atoms with Crippen molar-refractivity contribution in [2.75, 3.05) is 12.7 Å². The molecule has 5 nitrogen and oxygen atoms in total. The number of carbonyl (C=O) groups excluding carboxylic acids is 1. The molecule has 0 fully saturated rings. The molecule has 58 valence electrons. The van der Waals surface area contributed by atoms with Crippen molar-refractivity contribution in [1.82, 2.24) is 15.5 Å². The molecule has 0 aromatic carbocycles. The van der Waals surface area contributed by atoms with E-state index >= 15 is 0 Å². The molecular formula is C6H8N4O. The maximum atomic E-state index is 11.2. The highest BCUT2D eigenvalue weighted by Crippen LogP contribution is 1.95. The van der Waals surface area contributed by atoms with Gasteiger partial charge in [0.05, 0.1) is 0 Å². The van der Waals surface area contributed by atoms with Gasteiger partial charge in [-0.2, -0.15) is 0 Å². The molecule has 0 radical (unpaired) electrons. The van der Waals surface area contributed by atoms with E-state index in [1.54, 1.807) is 5.32 Å². The molecule has 0 aliphatic carbocycles. The van der Waals surface area contributed by atoms with E-state index in [0.29, 0.717) is 0 Å². The van der Waals surface area contributed by atoms with Crippen LogP contribution in [0.15, 0.2) is 12.1 Å². The highest BCUT2D eigenvalue weighted by molar-refractivity contribution is 5.91. The van der Waals surface area contributed by atoms with Crippen molar-refractivity contribution in [3.63, 3.8) is 0 Å². The van der Waals surface area contributed by atoms with Gasteiger partial charge in [0.2, 0.25) is 0 Å². The number of anilines is 1. The van der Waals surface area contributed by atoms with Gasteiger partial charge in [0.25, 0.3) is 5.91 Å². The first-order chi connectivity index (χ1) is 6.38. The molecule has 3 N–H and O–H groups in total. The summed E-state index contributed by atoms with van der Waals surface area (Å²) in [4.78, 5) is 11.2. The Morgan fingerprint density at radius 3 is 3.09 bits per heavy atom. The predicted octanol–water partition coefficient (Wildman–Crippen LogP) is -0.582. The number of nitrogens with two attached hydrogens (primary N) is 1. The van der Waals surface area contributed by atoms with Crippen LogP contribution in [0.25, 0.3) is 0 Å². The number of nitrogen functional groups attached to an aromatic ring is 1. The lowest BCUT2D eigenvalue weighted by atomic mass is 10.4. The lowest BCUT2D eigenvalue weighted by Crippen LogP contribution is -2.19. The molecule has 0 unspecified atom stereocenters. The summed E-state index contributed by atoms with van der Waals surface area (Å²) >= 11 is 0. The van der Waals surface area contributed by atoms with E-state index in [1.165, 1.54) is 12.1 Å². The van der Waals surface area contributed by atoms with Crippen molar-refractivity contribution in [3.05, 3.63) is 17.8 Å². The van der Waals surface area contributed by atoms with E-state index in [2.05, 4.69) is 10.2 Å². The number of nitrogens with zero attached hydrogens (tertiary/aromatic N) is 2. The van der Waals surface area contributed by atoms with Gasteiger partial charge in [0.1, 0.15) is 5.82 Å². The smallest absolute Gasteiger partial charge is 0.271 e. The molecule has 1 aromatic rings. The number of amides is 1. The molecule has 5 heteroatoms. The quantitative estimate of drug-likeness (QED) is 0.568. The van der Waals surface area contributed by atoms with Crippen LogP contribution in [0.1, 0.15) is 14.6 Å². The standard InChI is InChI=1S/C6H8N4O/c1-8-6(11)4-2-3-5(7)10-9-4/h2-3H,1H3,(H2,7,10)(H,8,11)/i1D3. The van der Waals surface area contributed by atoms with Crippen molar-refractivity contribution in [2.24, 2.45) is 0 Å². The summed E-state index contributed by atoms with van der Waals surface area (Å²) in [5, 5.41) is 8.61. The van der Waals surface area contributed by atoms with Crippen LogP contribution in [0, 0.1) is 0 Å². The molecule has 0 atom stereocenters. The first-order valence-electron chi connectivity index (χ1n) is 4.30. The lowest BCUT2D eigenvalue weighted by molar-refractivity contribution is 0.0957. The zero-order valence-corrected chi connectivity index (χ0v) is 5.53. The minimum absolute atomic E-state index is 0.0877. The number of hydrogen-bond acceptors (Lipinski definition) is 4. The molecule has 11 heavy (non-hydrogen) atoms. The Balaban J connectivity index is 2.76. The summed E-state index contributed by atoms with van der Waals surface area (Å²) in [5.41, 5.74) is 5.15. The summed E-state index contributed by atoms with van der Waals surface area (Å²) in [6.45, 7) is -2.53. The first-order valence-corrected chi connectivity index (χ1v) is 2.80. The fourth-order valence-electron chi connectivity index (χ4n) is 0.528. The molecule has 0 aliphatic rings. The Morgan fingerprint density at radius 2 is 2.55 bits per heavy atom. The lowest BCUT2D eigenvalue weighted by Gasteiger charge is -1.96. The van der Waals surface area contributed by atoms with E-state index in [9.17, 15) is 4.79 Å². The van der Waals surface area contributed by atoms with Crippen molar-refractivity contribution in [2.45, 2.75) is 0 Å². The summed E-state index contributed by atoms with van der Waals surface area (Å²) in [6.07, 6.45) is 0. The second-order valence-electron chi connectivity index (χ2n) is 1.80. The van der Waals surface area contributed by atoms with Gasteiger partial charge in [-0.25, -0.2) is 0 Å². The predicted molar refractivity (Wildman–Crippen MR) is 39.8 cm³/mol. The van der Waals surface area contributed by atoms with Gasteiger partial charge in [-0.3, -0.25) is 4.79 Å². The summed E-state index contributed by atoms with van der Waals surface area (Å²) in [5.74, 6) is -0.645. The average Bonchev–Trinajstić information content (AvgIpc) is 2.02. The molecule has 1 amide bonds. The molecule has 0 spiro atoms. The van der Waals surface area contributed by atoms with Crippen LogP contribution in [-0.2, 0) is 0 Å². The van der Waals surface area contributed by atoms with Gasteiger partial charge in [0, 0.05) is 11.1 Å². The van der Waals surface area contributed by atoms with Gasteiger partial charge in [0.15, 0.2) is 5.69 Å². The monoisotopic (exact) mass is 155 g/mol. The molecule has 0 bridgehead atoms. The Bertz CT molecular complexity index is 334. The van der Waals surface area contributed by atoms with Gasteiger partial charge >= 0.3 is 0 Å². The fourth-order valence-corrected chi connectivity index (χ4v) is 0.528. The molecule has 1 rings (SSSR count). The molecular weight excluding hydrogens is 144 g/mol. The Kier molecular flexibility index (Phi) is 1.15. The van der Waals surface area contributed by atoms with Gasteiger partial charge in [-0.15, -0.1) is 10.2 Å². The number of rotatable bonds is 1. The van der Waals surface area contributed by atoms with Crippen LogP contribution in [0.5, 0.6) is 0 Å². The van der Waals surface area contributed by atoms with Gasteiger partial charge in [-0.1, -0.05) is 0 Å². The van der Waals surface area contributed by atoms with Crippen molar-refractivity contribution in [1.29, 1.82) is 0 Å². The summed E-state index contributed by atoms with van der Waals surface area (Å²) in [6, 6.07) is 2.66. The van der Waals surface area contributed by atoms with Crippen molar-refractivity contribution in [3.8, 4) is 0 Å². The Hall–Kier alpha value is -1.65. The molecule has 0 saturated carbocycles. The third kappa shape index (κ3) is 1.64. The topological polar surface area (TPSA) is 80.9 Å². The van der Waals surface area contributed by atoms with E-state index in [-0.39, 0.29) is 11.5 Å². The third-order valence-corrected chi connectivity index (χ3v) is 1.03. The van der Waals surface area contributed by atoms with Crippen LogP contribution in [-0.4, -0.2) is 23.1 Å². The number of aromatic nitrogens is 2. The highest BCUT2D eigenvalue weighted by atomic mass is 16.1. The second-order valence-corrected chi connectivity index (χ2v) is 1.80. The SMILES string of the molecule is [2H]C([2H])([2H])NC(=O)c1ccc(N)nn1. The van der Waals surface area contributed by atoms with Gasteiger partial charge < -0.3 is 11.1 Å². The highest BCUT2D eigenvalue weighted by Gasteiger charge is 2.03. The maximum absolute atomic E-state index is 11.2. The fraction of sp³-hybridized carbons (Fsp3) is 0.167. The second kappa shape index (κ2) is 2.96. The van der Waals surface area contributed by atoms with E-state index < -0.39 is 12.9 Å². The van der Waals surface area contributed by atoms with Crippen LogP contribution in [0.3, 0.4) is 0 Å². The zero-order chi connectivity index (χ0) is 10.8. The van der Waals surface area contributed by atoms with Gasteiger partial charge in [-0.05, 0) is 12.1 Å². The minimum atomic E-state index is -2.53. The number of carbonyl (C=O) groups is 1. The normalized spacial score (nSPS) is 14.4. The van der Waals surface area contributed by atoms with E-state index in [4.69, 9.17) is 9.85 Å². The van der Waals surface area contributed by atoms with E-state index in [0.717, 1.165) is 0 Å². The van der Waals surface area contributed by atoms with Crippen molar-refractivity contribution < 1.29 is 8.91 Å². The van der Waals surface area contributed by atoms with Crippen LogP contribution in [0.2, 0.25) is 0 Å². The van der Waals surface area contributed by atoms with Crippen LogP contribution in [0.4, 0.5) is 5.82 Å². The average molecular weight is 155 g/mol. The van der Waals surface area contributed by atoms with Crippen LogP contribution < -0.4 is 11.1 Å². The zero-order valence-electron chi connectivity index (χ0n) is 8.53. The minimum Gasteiger partial charge on any atom is -0.382 e. The summed E-state index contributed by atoms with van der Waals surface area (Å²) < 4.78 is 20.3. The molecule has 0 saturated heterocycles. The van der Waals surface area contributed by atoms with Crippen molar-refractivity contribution >= 4 is 11.7 Å². The Morgan fingerprint density at radius 1 is 1.73 bits per heavy atom. The third-order valence-electron chi connectivity index (χ3n) is 1.03. The molecule has 0 aliphatic heterocycles. The first kappa shape index (κ1) is 4.27. The van der Waals surface area contributed by atoms with E-state index in [1.807, 2.05) is 0 Å². The molecule has 1 heterocycles.